The molecule has 0 fully saturated rings. The number of hydrogen-bond acceptors (Lipinski definition) is 3. The molecule has 0 aliphatic heterocycles. The van der Waals surface area contributed by atoms with Gasteiger partial charge in [-0.05, 0) is 60.6 Å². The van der Waals surface area contributed by atoms with E-state index >= 15 is 0 Å². The van der Waals surface area contributed by atoms with Gasteiger partial charge >= 0.3 is 0 Å². The number of hydrogen-bond donors (Lipinski definition) is 1. The van der Waals surface area contributed by atoms with Gasteiger partial charge in [0.1, 0.15) is 11.7 Å². The molecule has 0 aliphatic rings. The summed E-state index contributed by atoms with van der Waals surface area (Å²) in [4.78, 5) is 8.22. The van der Waals surface area contributed by atoms with Crippen molar-refractivity contribution in [2.75, 3.05) is 0 Å². The molecule has 0 bridgehead atoms. The van der Waals surface area contributed by atoms with E-state index in [1.807, 2.05) is 18.9 Å². The molecule has 0 aromatic heterocycles. The van der Waals surface area contributed by atoms with Crippen LogP contribution >= 0.6 is 0 Å². The number of aryl methyl sites for hydroxylation is 1. The first kappa shape index (κ1) is 66.3. The van der Waals surface area contributed by atoms with Gasteiger partial charge in [0.2, 0.25) is 0 Å². The van der Waals surface area contributed by atoms with E-state index in [1.165, 1.54) is 294 Å². The van der Waals surface area contributed by atoms with Crippen LogP contribution in [0.5, 0.6) is 0 Å². The second-order valence-electron chi connectivity index (χ2n) is 21.9. The maximum atomic E-state index is 13.4. The number of carbonyl (C=O) groups excluding carboxylic acids is 1. The molecule has 0 amide bonds. The molecule has 408 valence electrons. The smallest absolute Gasteiger partial charge is 0.295 e. The Morgan fingerprint density at radius 1 is 0.300 bits per heavy atom. The summed E-state index contributed by atoms with van der Waals surface area (Å²) in [5.41, 5.74) is 3.60. The number of carbonyl (C=O) groups is 1. The highest BCUT2D eigenvalue weighted by molar-refractivity contribution is 7.86. The zero-order chi connectivity index (χ0) is 50.9. The average molecular weight is 996 g/mol. The van der Waals surface area contributed by atoms with Crippen molar-refractivity contribution in [3.63, 3.8) is 0 Å². The zero-order valence-electron chi connectivity index (χ0n) is 47.2. The molecule has 0 heterocycles. The first-order valence-corrected chi connectivity index (χ1v) is 32.7. The lowest BCUT2D eigenvalue weighted by Gasteiger charge is -2.22. The predicted octanol–water partition coefficient (Wildman–Crippen LogP) is 22.3. The summed E-state index contributed by atoms with van der Waals surface area (Å²) in [5, 5.41) is 1.80. The van der Waals surface area contributed by atoms with Crippen molar-refractivity contribution in [3.8, 4) is 0 Å². The summed E-state index contributed by atoms with van der Waals surface area (Å²) in [5.74, 6) is 0. The van der Waals surface area contributed by atoms with E-state index in [0.29, 0.717) is 0 Å². The van der Waals surface area contributed by atoms with Crippen LogP contribution in [0.4, 0.5) is 0 Å². The summed E-state index contributed by atoms with van der Waals surface area (Å²) >= 11 is 0. The van der Waals surface area contributed by atoms with Gasteiger partial charge in [-0.15, -0.1) is 0 Å². The van der Waals surface area contributed by atoms with Crippen molar-refractivity contribution < 1.29 is 17.8 Å². The van der Waals surface area contributed by atoms with E-state index in [9.17, 15) is 13.0 Å². The van der Waals surface area contributed by atoms with Crippen molar-refractivity contribution in [2.45, 2.75) is 353 Å². The largest absolute Gasteiger partial charge is 0.307 e. The third kappa shape index (κ3) is 35.4. The Balaban J connectivity index is 0.0000121. The molecule has 0 saturated heterocycles. The molecule has 2 aromatic carbocycles. The molecule has 0 atom stereocenters. The minimum Gasteiger partial charge on any atom is -0.307 e. The van der Waals surface area contributed by atoms with Crippen LogP contribution in [0.1, 0.15) is 346 Å². The van der Waals surface area contributed by atoms with Crippen molar-refractivity contribution in [3.05, 3.63) is 41.0 Å². The van der Waals surface area contributed by atoms with Gasteiger partial charge in [0.25, 0.3) is 10.1 Å². The lowest BCUT2D eigenvalue weighted by Crippen LogP contribution is -2.12. The minimum atomic E-state index is -4.38. The Morgan fingerprint density at radius 2 is 0.500 bits per heavy atom. The van der Waals surface area contributed by atoms with Gasteiger partial charge in [0, 0.05) is 5.39 Å². The Kier molecular flexibility index (Phi) is 46.9. The van der Waals surface area contributed by atoms with Gasteiger partial charge in [-0.25, -0.2) is 0 Å². The van der Waals surface area contributed by atoms with E-state index in [2.05, 4.69) is 32.9 Å². The monoisotopic (exact) mass is 995 g/mol. The molecule has 0 unspecified atom stereocenters. The highest BCUT2D eigenvalue weighted by atomic mass is 32.2. The molecule has 2 rings (SSSR count). The van der Waals surface area contributed by atoms with E-state index < -0.39 is 10.1 Å². The van der Waals surface area contributed by atoms with E-state index in [0.717, 1.165) is 61.3 Å². The van der Waals surface area contributed by atoms with E-state index in [4.69, 9.17) is 4.79 Å². The van der Waals surface area contributed by atoms with Gasteiger partial charge in [-0.2, -0.15) is 8.42 Å². The minimum absolute atomic E-state index is 0.219. The molecule has 70 heavy (non-hydrogen) atoms. The lowest BCUT2D eigenvalue weighted by atomic mass is 9.86. The number of unbranched alkanes of at least 4 members (excludes halogenated alkanes) is 45. The molecular formula is C65H118O4S. The quantitative estimate of drug-likeness (QED) is 0.0529. The van der Waals surface area contributed by atoms with Crippen LogP contribution in [0.25, 0.3) is 10.8 Å². The number of fused-ring (bicyclic) bond motifs is 1. The third-order valence-corrected chi connectivity index (χ3v) is 16.6. The number of rotatable bonds is 52. The fraction of sp³-hybridized carbons (Fsp3) is 0.831. The van der Waals surface area contributed by atoms with Crippen LogP contribution < -0.4 is 0 Å². The van der Waals surface area contributed by atoms with Gasteiger partial charge in [-0.3, -0.25) is 4.55 Å². The summed E-state index contributed by atoms with van der Waals surface area (Å²) in [6.45, 7) is 8.89. The first-order chi connectivity index (χ1) is 34.5. The maximum absolute atomic E-state index is 13.4. The first-order valence-electron chi connectivity index (χ1n) is 31.3. The van der Waals surface area contributed by atoms with Crippen LogP contribution in [0.3, 0.4) is 0 Å². The van der Waals surface area contributed by atoms with Gasteiger partial charge in [0.15, 0.2) is 0 Å². The Hall–Kier alpha value is -1.72. The molecule has 0 spiro atoms. The van der Waals surface area contributed by atoms with Gasteiger partial charge in [-0.1, -0.05) is 334 Å². The Morgan fingerprint density at radius 3 is 0.743 bits per heavy atom. The molecule has 0 aliphatic carbocycles. The van der Waals surface area contributed by atoms with E-state index in [1.54, 1.807) is 0 Å². The zero-order valence-corrected chi connectivity index (χ0v) is 48.0. The normalized spacial score (nSPS) is 11.7. The molecule has 0 radical (unpaired) electrons. The maximum Gasteiger partial charge on any atom is 0.295 e. The summed E-state index contributed by atoms with van der Waals surface area (Å²) in [6, 6.07) is 8.14. The molecule has 5 heteroatoms. The fourth-order valence-electron chi connectivity index (χ4n) is 11.3. The van der Waals surface area contributed by atoms with Crippen molar-refractivity contribution in [2.24, 2.45) is 0 Å². The molecule has 2 aromatic rings. The molecule has 4 nitrogen and oxygen atoms in total. The molecule has 1 N–H and O–H groups in total. The molecular weight excluding hydrogens is 877 g/mol. The van der Waals surface area contributed by atoms with Crippen molar-refractivity contribution in [1.82, 2.24) is 0 Å². The summed E-state index contributed by atoms with van der Waals surface area (Å²) in [7, 11) is -4.38. The number of benzene rings is 2. The van der Waals surface area contributed by atoms with Crippen molar-refractivity contribution in [1.29, 1.82) is 0 Å². The highest BCUT2D eigenvalue weighted by Gasteiger charge is 2.25. The summed E-state index contributed by atoms with van der Waals surface area (Å²) < 4.78 is 37.7. The SMILES string of the molecule is C=O.CCCCCCCCCCCCCCCCCCc1c(CCCCCCCCCCCCCCCCCC)c(S(=O)(=O)O)c2ccccc2c1CCCCCCCCCCCCCCCCCC. The van der Waals surface area contributed by atoms with Crippen LogP contribution in [-0.4, -0.2) is 19.8 Å². The molecule has 0 saturated carbocycles. The van der Waals surface area contributed by atoms with Crippen LogP contribution in [0, 0.1) is 0 Å². The van der Waals surface area contributed by atoms with Crippen LogP contribution in [0.15, 0.2) is 29.2 Å². The second-order valence-corrected chi connectivity index (χ2v) is 23.3. The predicted molar refractivity (Wildman–Crippen MR) is 311 cm³/mol. The lowest BCUT2D eigenvalue weighted by molar-refractivity contribution is -0.0980. The summed E-state index contributed by atoms with van der Waals surface area (Å²) in [6.07, 6.45) is 67.4. The van der Waals surface area contributed by atoms with Gasteiger partial charge in [0.05, 0.1) is 0 Å². The highest BCUT2D eigenvalue weighted by Crippen LogP contribution is 2.37. The third-order valence-electron chi connectivity index (χ3n) is 15.6. The van der Waals surface area contributed by atoms with Crippen LogP contribution in [0.2, 0.25) is 0 Å². The standard InChI is InChI=1S/C64H116O3S.CH2O/c1-4-7-10-13-16-19-22-25-28-31-34-37-40-43-46-49-54-59-60(55-50-47-44-41-38-35-32-29-26-23-20-17-14-11-8-5-2)62(64(68(65,66)67)63-58-53-52-56-61(59)63)57-51-48-45-42-39-36-33-30-27-24-21-18-15-12-9-6-3;1-2/h52-53,56,58H,4-51,54-55,57H2,1-3H3,(H,65,66,67);1H2. The van der Waals surface area contributed by atoms with Crippen LogP contribution in [-0.2, 0) is 34.2 Å². The average Bonchev–Trinajstić information content (AvgIpc) is 3.36. The Bertz CT molecular complexity index is 1530. The van der Waals surface area contributed by atoms with E-state index in [-0.39, 0.29) is 4.90 Å². The van der Waals surface area contributed by atoms with Gasteiger partial charge < -0.3 is 4.79 Å². The van der Waals surface area contributed by atoms with Crippen molar-refractivity contribution >= 4 is 27.7 Å². The topological polar surface area (TPSA) is 71.4 Å². The second kappa shape index (κ2) is 49.5. The Labute approximate surface area is 437 Å². The fourth-order valence-corrected chi connectivity index (χ4v) is 12.3.